The molecule has 1 aromatic carbocycles. The lowest BCUT2D eigenvalue weighted by molar-refractivity contribution is 0.0746. The maximum Gasteiger partial charge on any atom is 0.273 e. The predicted molar refractivity (Wildman–Crippen MR) is 99.7 cm³/mol. The molecule has 0 fully saturated rings. The van der Waals surface area contributed by atoms with Gasteiger partial charge in [-0.3, -0.25) is 9.59 Å². The van der Waals surface area contributed by atoms with E-state index in [1.165, 1.54) is 16.2 Å². The molecule has 0 unspecified atom stereocenters. The number of nitrogens with zero attached hydrogens (tertiary/aromatic N) is 3. The Labute approximate surface area is 152 Å². The van der Waals surface area contributed by atoms with Crippen LogP contribution in [0.4, 0.5) is 0 Å². The van der Waals surface area contributed by atoms with Crippen molar-refractivity contribution in [1.29, 1.82) is 0 Å². The second kappa shape index (κ2) is 8.73. The minimum absolute atomic E-state index is 0.0371. The van der Waals surface area contributed by atoms with E-state index in [0.717, 1.165) is 10.6 Å². The van der Waals surface area contributed by atoms with Crippen LogP contribution in [0, 0.1) is 0 Å². The van der Waals surface area contributed by atoms with Crippen molar-refractivity contribution in [2.45, 2.75) is 19.9 Å². The molecule has 2 rings (SSSR count). The topological polar surface area (TPSA) is 79.5 Å². The second-order valence-corrected chi connectivity index (χ2v) is 6.82. The van der Waals surface area contributed by atoms with Crippen LogP contribution in [0.2, 0.25) is 0 Å². The fourth-order valence-electron chi connectivity index (χ4n) is 2.37. The van der Waals surface area contributed by atoms with Gasteiger partial charge < -0.3 is 15.5 Å². The SMILES string of the molecule is CCN(Cc1ccc(C(=O)N(C)C)cc1)C(=O)c1csc(CCN)n1. The minimum atomic E-state index is -0.0875. The molecule has 0 radical (unpaired) electrons. The number of benzene rings is 1. The van der Waals surface area contributed by atoms with Crippen LogP contribution in [0.5, 0.6) is 0 Å². The number of rotatable bonds is 7. The van der Waals surface area contributed by atoms with E-state index in [2.05, 4.69) is 4.98 Å². The Morgan fingerprint density at radius 3 is 2.40 bits per heavy atom. The van der Waals surface area contributed by atoms with E-state index in [9.17, 15) is 9.59 Å². The number of hydrogen-bond acceptors (Lipinski definition) is 5. The Morgan fingerprint density at radius 2 is 1.84 bits per heavy atom. The first-order valence-electron chi connectivity index (χ1n) is 8.20. The second-order valence-electron chi connectivity index (χ2n) is 5.88. The normalized spacial score (nSPS) is 10.6. The zero-order valence-corrected chi connectivity index (χ0v) is 15.7. The van der Waals surface area contributed by atoms with Gasteiger partial charge >= 0.3 is 0 Å². The third kappa shape index (κ3) is 4.87. The average molecular weight is 360 g/mol. The van der Waals surface area contributed by atoms with Crippen molar-refractivity contribution in [3.05, 3.63) is 51.5 Å². The highest BCUT2D eigenvalue weighted by Crippen LogP contribution is 2.15. The van der Waals surface area contributed by atoms with Crippen LogP contribution in [-0.2, 0) is 13.0 Å². The molecule has 0 spiro atoms. The summed E-state index contributed by atoms with van der Waals surface area (Å²) in [6, 6.07) is 7.34. The van der Waals surface area contributed by atoms with Gasteiger partial charge in [-0.25, -0.2) is 4.98 Å². The molecule has 25 heavy (non-hydrogen) atoms. The highest BCUT2D eigenvalue weighted by molar-refractivity contribution is 7.09. The molecule has 0 atom stereocenters. The number of carbonyl (C=O) groups excluding carboxylic acids is 2. The molecule has 2 aromatic rings. The maximum atomic E-state index is 12.6. The molecule has 0 bridgehead atoms. The Hall–Kier alpha value is -2.25. The van der Waals surface area contributed by atoms with Crippen molar-refractivity contribution in [2.75, 3.05) is 27.2 Å². The van der Waals surface area contributed by atoms with Crippen LogP contribution in [-0.4, -0.2) is 53.8 Å². The molecule has 134 valence electrons. The molecule has 1 heterocycles. The van der Waals surface area contributed by atoms with Crippen molar-refractivity contribution in [2.24, 2.45) is 5.73 Å². The fourth-order valence-corrected chi connectivity index (χ4v) is 3.16. The van der Waals surface area contributed by atoms with Gasteiger partial charge in [-0.05, 0) is 31.2 Å². The summed E-state index contributed by atoms with van der Waals surface area (Å²) in [5.41, 5.74) is 7.61. The predicted octanol–water partition coefficient (Wildman–Crippen LogP) is 2.01. The van der Waals surface area contributed by atoms with Gasteiger partial charge in [0.25, 0.3) is 11.8 Å². The van der Waals surface area contributed by atoms with Crippen molar-refractivity contribution in [3.63, 3.8) is 0 Å². The molecule has 7 heteroatoms. The summed E-state index contributed by atoms with van der Waals surface area (Å²) in [5, 5.41) is 2.67. The van der Waals surface area contributed by atoms with Crippen LogP contribution in [0.1, 0.15) is 38.3 Å². The van der Waals surface area contributed by atoms with Gasteiger partial charge in [0.05, 0.1) is 5.01 Å². The van der Waals surface area contributed by atoms with Crippen LogP contribution in [0.15, 0.2) is 29.6 Å². The summed E-state index contributed by atoms with van der Waals surface area (Å²) < 4.78 is 0. The standard InChI is InChI=1S/C18H24N4O2S/c1-4-22(18(24)15-12-25-16(20-15)9-10-19)11-13-5-7-14(8-6-13)17(23)21(2)3/h5-8,12H,4,9-11,19H2,1-3H3. The van der Waals surface area contributed by atoms with E-state index in [4.69, 9.17) is 5.73 Å². The number of hydrogen-bond donors (Lipinski definition) is 1. The third-order valence-electron chi connectivity index (χ3n) is 3.78. The molecule has 6 nitrogen and oxygen atoms in total. The van der Waals surface area contributed by atoms with E-state index < -0.39 is 0 Å². The van der Waals surface area contributed by atoms with Gasteiger partial charge in [-0.1, -0.05) is 12.1 Å². The summed E-state index contributed by atoms with van der Waals surface area (Å²) in [4.78, 5) is 32.2. The van der Waals surface area contributed by atoms with Crippen molar-refractivity contribution < 1.29 is 9.59 Å². The van der Waals surface area contributed by atoms with Crippen molar-refractivity contribution in [3.8, 4) is 0 Å². The summed E-state index contributed by atoms with van der Waals surface area (Å²) in [6.45, 7) is 3.53. The van der Waals surface area contributed by atoms with E-state index >= 15 is 0 Å². The smallest absolute Gasteiger partial charge is 0.273 e. The molecule has 0 aliphatic heterocycles. The first-order valence-corrected chi connectivity index (χ1v) is 9.08. The zero-order chi connectivity index (χ0) is 18.4. The number of aromatic nitrogens is 1. The molecule has 0 aliphatic carbocycles. The first-order chi connectivity index (χ1) is 12.0. The molecule has 0 saturated carbocycles. The van der Waals surface area contributed by atoms with Crippen LogP contribution < -0.4 is 5.73 Å². The third-order valence-corrected chi connectivity index (χ3v) is 4.69. The minimum Gasteiger partial charge on any atom is -0.345 e. The average Bonchev–Trinajstić information content (AvgIpc) is 3.08. The maximum absolute atomic E-state index is 12.6. The summed E-state index contributed by atoms with van der Waals surface area (Å²) in [5.74, 6) is -0.125. The number of thiazole rings is 1. The fraction of sp³-hybridized carbons (Fsp3) is 0.389. The van der Waals surface area contributed by atoms with E-state index in [1.807, 2.05) is 19.1 Å². The lowest BCUT2D eigenvalue weighted by atomic mass is 10.1. The molecular formula is C18H24N4O2S. The van der Waals surface area contributed by atoms with Gasteiger partial charge in [0.2, 0.25) is 0 Å². The zero-order valence-electron chi connectivity index (χ0n) is 14.9. The van der Waals surface area contributed by atoms with Gasteiger partial charge in [0.15, 0.2) is 0 Å². The molecule has 2 amide bonds. The van der Waals surface area contributed by atoms with Gasteiger partial charge in [0.1, 0.15) is 5.69 Å². The number of nitrogens with two attached hydrogens (primary N) is 1. The lowest BCUT2D eigenvalue weighted by Gasteiger charge is -2.20. The Kier molecular flexibility index (Phi) is 6.66. The van der Waals surface area contributed by atoms with E-state index in [-0.39, 0.29) is 11.8 Å². The molecule has 0 saturated heterocycles. The summed E-state index contributed by atoms with van der Waals surface area (Å²) in [6.07, 6.45) is 0.686. The number of carbonyl (C=O) groups is 2. The molecule has 0 aliphatic rings. The Bertz CT molecular complexity index is 725. The van der Waals surface area contributed by atoms with Gasteiger partial charge in [0, 0.05) is 44.5 Å². The number of amides is 2. The molecule has 1 aromatic heterocycles. The quantitative estimate of drug-likeness (QED) is 0.819. The van der Waals surface area contributed by atoms with Gasteiger partial charge in [-0.2, -0.15) is 0 Å². The van der Waals surface area contributed by atoms with Crippen molar-refractivity contribution in [1.82, 2.24) is 14.8 Å². The largest absolute Gasteiger partial charge is 0.345 e. The van der Waals surface area contributed by atoms with Crippen LogP contribution >= 0.6 is 11.3 Å². The van der Waals surface area contributed by atoms with E-state index in [0.29, 0.717) is 37.3 Å². The summed E-state index contributed by atoms with van der Waals surface area (Å²) in [7, 11) is 3.45. The monoisotopic (exact) mass is 360 g/mol. The van der Waals surface area contributed by atoms with Gasteiger partial charge in [-0.15, -0.1) is 11.3 Å². The Morgan fingerprint density at radius 1 is 1.16 bits per heavy atom. The molecular weight excluding hydrogens is 336 g/mol. The lowest BCUT2D eigenvalue weighted by Crippen LogP contribution is -2.30. The summed E-state index contributed by atoms with van der Waals surface area (Å²) >= 11 is 1.46. The van der Waals surface area contributed by atoms with Crippen molar-refractivity contribution >= 4 is 23.2 Å². The van der Waals surface area contributed by atoms with Crippen LogP contribution in [0.25, 0.3) is 0 Å². The van der Waals surface area contributed by atoms with E-state index in [1.54, 1.807) is 36.5 Å². The van der Waals surface area contributed by atoms with Crippen LogP contribution in [0.3, 0.4) is 0 Å². The highest BCUT2D eigenvalue weighted by Gasteiger charge is 2.18. The highest BCUT2D eigenvalue weighted by atomic mass is 32.1. The first kappa shape index (κ1) is 19.1. The molecule has 2 N–H and O–H groups in total. The Balaban J connectivity index is 2.07.